The van der Waals surface area contributed by atoms with Crippen molar-refractivity contribution in [1.82, 2.24) is 4.98 Å². The normalized spacial score (nSPS) is 12.4. The topological polar surface area (TPSA) is 51.4 Å². The molecule has 0 aliphatic carbocycles. The Hall–Kier alpha value is -1.14. The summed E-state index contributed by atoms with van der Waals surface area (Å²) in [6, 6.07) is 8.01. The van der Waals surface area contributed by atoms with Crippen molar-refractivity contribution >= 4 is 28.1 Å². The van der Waals surface area contributed by atoms with Gasteiger partial charge in [0, 0.05) is 30.6 Å². The maximum atomic E-state index is 6.28. The Morgan fingerprint density at radius 1 is 1.43 bits per heavy atom. The third-order valence-electron chi connectivity index (χ3n) is 3.47. The Labute approximate surface area is 134 Å². The lowest BCUT2D eigenvalue weighted by atomic mass is 10.1. The van der Waals surface area contributed by atoms with Crippen molar-refractivity contribution in [1.29, 1.82) is 0 Å². The molecular weight excluding hydrogens is 306 g/mol. The first-order valence-corrected chi connectivity index (χ1v) is 7.92. The van der Waals surface area contributed by atoms with Crippen LogP contribution in [-0.2, 0) is 17.9 Å². The molecule has 2 N–H and O–H groups in total. The number of aromatic nitrogens is 1. The van der Waals surface area contributed by atoms with Crippen LogP contribution in [0.5, 0.6) is 0 Å². The number of halogens is 1. The van der Waals surface area contributed by atoms with E-state index in [2.05, 4.69) is 16.8 Å². The third-order valence-corrected chi connectivity index (χ3v) is 5.03. The van der Waals surface area contributed by atoms with E-state index >= 15 is 0 Å². The van der Waals surface area contributed by atoms with Gasteiger partial charge < -0.3 is 15.4 Å². The highest BCUT2D eigenvalue weighted by Gasteiger charge is 2.19. The van der Waals surface area contributed by atoms with Gasteiger partial charge in [-0.15, -0.1) is 11.3 Å². The van der Waals surface area contributed by atoms with Gasteiger partial charge in [0.15, 0.2) is 5.13 Å². The number of benzene rings is 1. The smallest absolute Gasteiger partial charge is 0.186 e. The van der Waals surface area contributed by atoms with Crippen molar-refractivity contribution in [2.45, 2.75) is 26.1 Å². The minimum Gasteiger partial charge on any atom is -0.378 e. The number of nitrogens with zero attached hydrogens (tertiary/aromatic N) is 2. The number of hydrogen-bond donors (Lipinski definition) is 1. The quantitative estimate of drug-likeness (QED) is 0.881. The van der Waals surface area contributed by atoms with Crippen molar-refractivity contribution < 1.29 is 4.74 Å². The van der Waals surface area contributed by atoms with Crippen molar-refractivity contribution in [3.05, 3.63) is 45.4 Å². The summed E-state index contributed by atoms with van der Waals surface area (Å²) in [6.45, 7) is 3.07. The van der Waals surface area contributed by atoms with E-state index < -0.39 is 0 Å². The van der Waals surface area contributed by atoms with Crippen LogP contribution in [-0.4, -0.2) is 19.1 Å². The number of methoxy groups -OCH3 is 1. The average molecular weight is 326 g/mol. The highest BCUT2D eigenvalue weighted by Crippen LogP contribution is 2.33. The molecule has 0 spiro atoms. The zero-order chi connectivity index (χ0) is 15.4. The van der Waals surface area contributed by atoms with Gasteiger partial charge in [-0.25, -0.2) is 4.98 Å². The van der Waals surface area contributed by atoms with Gasteiger partial charge >= 0.3 is 0 Å². The molecule has 1 unspecified atom stereocenters. The molecule has 21 heavy (non-hydrogen) atoms. The number of ether oxygens (including phenoxy) is 1. The van der Waals surface area contributed by atoms with E-state index in [0.717, 1.165) is 26.3 Å². The Morgan fingerprint density at radius 3 is 2.76 bits per heavy atom. The highest BCUT2D eigenvalue weighted by molar-refractivity contribution is 7.15. The van der Waals surface area contributed by atoms with Crippen LogP contribution in [0.3, 0.4) is 0 Å². The van der Waals surface area contributed by atoms with Crippen LogP contribution in [0.2, 0.25) is 5.02 Å². The summed E-state index contributed by atoms with van der Waals surface area (Å²) >= 11 is 7.88. The summed E-state index contributed by atoms with van der Waals surface area (Å²) in [5.41, 5.74) is 7.78. The average Bonchev–Trinajstić information content (AvgIpc) is 2.90. The zero-order valence-electron chi connectivity index (χ0n) is 12.5. The molecule has 0 aliphatic rings. The van der Waals surface area contributed by atoms with Crippen molar-refractivity contribution in [2.75, 3.05) is 19.1 Å². The van der Waals surface area contributed by atoms with Gasteiger partial charge in [-0.05, 0) is 18.6 Å². The lowest BCUT2D eigenvalue weighted by Gasteiger charge is -2.25. The Balaban J connectivity index is 2.27. The fraction of sp³-hybridized carbons (Fsp3) is 0.400. The molecule has 1 aromatic carbocycles. The molecule has 0 bridgehead atoms. The number of nitrogens with two attached hydrogens (primary N) is 1. The van der Waals surface area contributed by atoms with Crippen LogP contribution < -0.4 is 10.6 Å². The maximum Gasteiger partial charge on any atom is 0.186 e. The number of rotatable bonds is 6. The molecule has 1 atom stereocenters. The molecule has 1 heterocycles. The molecule has 1 aromatic heterocycles. The SMILES string of the molecule is COCc1nc(N(C)C(C)c2ccccc2Cl)sc1CN. The molecule has 0 saturated carbocycles. The molecule has 6 heteroatoms. The predicted octanol–water partition coefficient (Wildman–Crippen LogP) is 3.60. The van der Waals surface area contributed by atoms with Crippen LogP contribution in [0.25, 0.3) is 0 Å². The van der Waals surface area contributed by atoms with Crippen molar-refractivity contribution in [3.8, 4) is 0 Å². The molecule has 2 aromatic rings. The van der Waals surface area contributed by atoms with Gasteiger partial charge in [0.2, 0.25) is 0 Å². The van der Waals surface area contributed by atoms with Crippen molar-refractivity contribution in [2.24, 2.45) is 5.73 Å². The number of anilines is 1. The van der Waals surface area contributed by atoms with Gasteiger partial charge in [-0.2, -0.15) is 0 Å². The first kappa shape index (κ1) is 16.2. The second kappa shape index (κ2) is 7.22. The number of hydrogen-bond acceptors (Lipinski definition) is 5. The van der Waals surface area contributed by atoms with Crippen LogP contribution in [0.4, 0.5) is 5.13 Å². The van der Waals surface area contributed by atoms with E-state index in [0.29, 0.717) is 13.2 Å². The first-order chi connectivity index (χ1) is 10.1. The van der Waals surface area contributed by atoms with Gasteiger partial charge in [0.1, 0.15) is 0 Å². The lowest BCUT2D eigenvalue weighted by Crippen LogP contribution is -2.21. The molecule has 4 nitrogen and oxygen atoms in total. The van der Waals surface area contributed by atoms with Crippen LogP contribution >= 0.6 is 22.9 Å². The van der Waals surface area contributed by atoms with E-state index in [4.69, 9.17) is 22.1 Å². The van der Waals surface area contributed by atoms with Gasteiger partial charge in [0.05, 0.1) is 18.3 Å². The van der Waals surface area contributed by atoms with Gasteiger partial charge in [-0.3, -0.25) is 0 Å². The number of thiazole rings is 1. The van der Waals surface area contributed by atoms with E-state index in [1.807, 2.05) is 31.3 Å². The molecule has 114 valence electrons. The van der Waals surface area contributed by atoms with Crippen LogP contribution in [0.15, 0.2) is 24.3 Å². The molecule has 2 rings (SSSR count). The molecule has 0 aliphatic heterocycles. The van der Waals surface area contributed by atoms with E-state index in [1.165, 1.54) is 0 Å². The summed E-state index contributed by atoms with van der Waals surface area (Å²) in [7, 11) is 3.68. The van der Waals surface area contributed by atoms with Gasteiger partial charge in [0.25, 0.3) is 0 Å². The standard InChI is InChI=1S/C15H20ClN3OS/c1-10(11-6-4-5-7-12(11)16)19(2)15-18-13(9-20-3)14(8-17)21-15/h4-7,10H,8-9,17H2,1-3H3. The molecule has 0 amide bonds. The summed E-state index contributed by atoms with van der Waals surface area (Å²) < 4.78 is 5.18. The largest absolute Gasteiger partial charge is 0.378 e. The fourth-order valence-corrected chi connectivity index (χ4v) is 3.40. The Morgan fingerprint density at radius 2 is 2.14 bits per heavy atom. The highest BCUT2D eigenvalue weighted by atomic mass is 35.5. The molecule has 0 saturated heterocycles. The summed E-state index contributed by atoms with van der Waals surface area (Å²) in [5, 5.41) is 1.69. The summed E-state index contributed by atoms with van der Waals surface area (Å²) in [4.78, 5) is 7.82. The molecular formula is C15H20ClN3OS. The minimum atomic E-state index is 0.130. The predicted molar refractivity (Wildman–Crippen MR) is 89.0 cm³/mol. The van der Waals surface area contributed by atoms with Gasteiger partial charge in [-0.1, -0.05) is 29.8 Å². The molecule has 0 fully saturated rings. The maximum absolute atomic E-state index is 6.28. The first-order valence-electron chi connectivity index (χ1n) is 6.73. The Kier molecular flexibility index (Phi) is 5.58. The fourth-order valence-electron chi connectivity index (χ4n) is 2.12. The van der Waals surface area contributed by atoms with Crippen LogP contribution in [0, 0.1) is 0 Å². The van der Waals surface area contributed by atoms with E-state index in [1.54, 1.807) is 18.4 Å². The van der Waals surface area contributed by atoms with E-state index in [9.17, 15) is 0 Å². The van der Waals surface area contributed by atoms with Crippen LogP contribution in [0.1, 0.15) is 29.1 Å². The third kappa shape index (κ3) is 3.55. The monoisotopic (exact) mass is 325 g/mol. The Bertz CT molecular complexity index is 602. The lowest BCUT2D eigenvalue weighted by molar-refractivity contribution is 0.181. The molecule has 0 radical (unpaired) electrons. The van der Waals surface area contributed by atoms with Crippen molar-refractivity contribution in [3.63, 3.8) is 0 Å². The zero-order valence-corrected chi connectivity index (χ0v) is 14.0. The minimum absolute atomic E-state index is 0.130. The second-order valence-electron chi connectivity index (χ2n) is 4.81. The summed E-state index contributed by atoms with van der Waals surface area (Å²) in [6.07, 6.45) is 0. The second-order valence-corrected chi connectivity index (χ2v) is 6.28. The van der Waals surface area contributed by atoms with E-state index in [-0.39, 0.29) is 6.04 Å². The summed E-state index contributed by atoms with van der Waals surface area (Å²) in [5.74, 6) is 0.